The monoisotopic (exact) mass is 522 g/mol. The number of fused-ring (bicyclic) bond motifs is 3. The Hall–Kier alpha value is -3.72. The number of nitrogens with two attached hydrogens (primary N) is 1. The molecule has 9 heteroatoms. The van der Waals surface area contributed by atoms with Crippen LogP contribution in [0.1, 0.15) is 79.7 Å². The van der Waals surface area contributed by atoms with E-state index in [-0.39, 0.29) is 22.4 Å². The van der Waals surface area contributed by atoms with E-state index < -0.39 is 0 Å². The molecule has 4 aliphatic rings. The average Bonchev–Trinajstić information content (AvgIpc) is 3.43. The molecule has 1 saturated heterocycles. The van der Waals surface area contributed by atoms with Gasteiger partial charge in [-0.25, -0.2) is 0 Å². The van der Waals surface area contributed by atoms with Crippen LogP contribution in [0, 0.1) is 10.8 Å². The summed E-state index contributed by atoms with van der Waals surface area (Å²) in [7, 11) is 0. The van der Waals surface area contributed by atoms with Crippen molar-refractivity contribution < 1.29 is 0 Å². The minimum atomic E-state index is -0.163. The number of rotatable bonds is 3. The molecular weight excluding hydrogens is 488 g/mol. The van der Waals surface area contributed by atoms with Crippen LogP contribution in [-0.4, -0.2) is 43.0 Å². The lowest BCUT2D eigenvalue weighted by Gasteiger charge is -2.42. The van der Waals surface area contributed by atoms with Gasteiger partial charge in [-0.05, 0) is 60.5 Å². The van der Waals surface area contributed by atoms with Crippen LogP contribution in [0.2, 0.25) is 0 Å². The van der Waals surface area contributed by atoms with Gasteiger partial charge in [0, 0.05) is 36.0 Å². The summed E-state index contributed by atoms with van der Waals surface area (Å²) >= 11 is 0. The molecule has 8 rings (SSSR count). The second-order valence-corrected chi connectivity index (χ2v) is 12.8. The van der Waals surface area contributed by atoms with Crippen LogP contribution in [0.15, 0.2) is 41.3 Å². The molecule has 1 spiro atoms. The molecule has 0 bridgehead atoms. The molecule has 39 heavy (non-hydrogen) atoms. The second kappa shape index (κ2) is 7.91. The Morgan fingerprint density at radius 1 is 1.10 bits per heavy atom. The smallest absolute Gasteiger partial charge is 0.264 e. The lowest BCUT2D eigenvalue weighted by Crippen LogP contribution is -2.45. The summed E-state index contributed by atoms with van der Waals surface area (Å²) in [5.74, 6) is 0.599. The first-order chi connectivity index (χ1) is 18.8. The summed E-state index contributed by atoms with van der Waals surface area (Å²) in [5, 5.41) is 13.0. The Labute approximate surface area is 226 Å². The quantitative estimate of drug-likeness (QED) is 0.373. The Balaban J connectivity index is 1.11. The fraction of sp³-hybridized carbons (Fsp3) is 0.467. The van der Waals surface area contributed by atoms with E-state index in [0.29, 0.717) is 28.7 Å². The number of aromatic nitrogens is 6. The van der Waals surface area contributed by atoms with Crippen LogP contribution < -0.4 is 16.2 Å². The average molecular weight is 523 g/mol. The van der Waals surface area contributed by atoms with Crippen molar-refractivity contribution in [3.05, 3.63) is 75.0 Å². The van der Waals surface area contributed by atoms with Crippen molar-refractivity contribution in [3.8, 4) is 0 Å². The predicted molar refractivity (Wildman–Crippen MR) is 151 cm³/mol. The zero-order valence-corrected chi connectivity index (χ0v) is 22.5. The number of nitrogens with zero attached hydrogens (tertiary/aromatic N) is 5. The largest absolute Gasteiger partial charge is 0.342 e. The SMILES string of the molecule is CC1(C)C=C(c2n[nH]c3nc(N4CCC5(CC4)Cc4ccccc4[C@H]5N)[nH]c(=O)c23)c2cnn(C3CC3)c2C1. The van der Waals surface area contributed by atoms with Gasteiger partial charge in [-0.2, -0.15) is 15.2 Å². The van der Waals surface area contributed by atoms with Gasteiger partial charge >= 0.3 is 0 Å². The maximum absolute atomic E-state index is 13.6. The molecule has 4 aromatic rings. The van der Waals surface area contributed by atoms with E-state index in [1.165, 1.54) is 29.7 Å². The van der Waals surface area contributed by atoms with Gasteiger partial charge in [0.1, 0.15) is 11.1 Å². The van der Waals surface area contributed by atoms with Gasteiger partial charge in [0.25, 0.3) is 5.56 Å². The van der Waals surface area contributed by atoms with Gasteiger partial charge in [-0.3, -0.25) is 19.6 Å². The first-order valence-corrected chi connectivity index (χ1v) is 14.2. The molecule has 1 aromatic carbocycles. The molecule has 4 heterocycles. The fourth-order valence-electron chi connectivity index (χ4n) is 7.31. The van der Waals surface area contributed by atoms with Crippen molar-refractivity contribution in [2.24, 2.45) is 16.6 Å². The maximum atomic E-state index is 13.6. The number of hydrogen-bond donors (Lipinski definition) is 3. The zero-order chi connectivity index (χ0) is 26.5. The minimum absolute atomic E-state index is 0.0580. The molecule has 4 N–H and O–H groups in total. The molecule has 1 aliphatic heterocycles. The highest BCUT2D eigenvalue weighted by Gasteiger charge is 2.46. The number of piperidine rings is 1. The van der Waals surface area contributed by atoms with E-state index in [1.807, 2.05) is 6.20 Å². The van der Waals surface area contributed by atoms with Gasteiger partial charge < -0.3 is 10.6 Å². The van der Waals surface area contributed by atoms with Gasteiger partial charge in [-0.15, -0.1) is 0 Å². The second-order valence-electron chi connectivity index (χ2n) is 12.8. The standard InChI is InChI=1S/C30H34N8O/c1-29(2)14-20(21-16-32-38(18-7-8-18)22(21)15-29)24-23-26(36-35-24)33-28(34-27(23)39)37-11-9-30(10-12-37)13-17-5-3-4-6-19(17)25(30)31/h3-6,14,16,18,25H,7-13,15,31H2,1-2H3,(H2,33,34,35,36,39)/t25-/m1/s1. The van der Waals surface area contributed by atoms with E-state index in [0.717, 1.165) is 49.9 Å². The molecule has 0 amide bonds. The van der Waals surface area contributed by atoms with Gasteiger partial charge in [0.2, 0.25) is 5.95 Å². The van der Waals surface area contributed by atoms with Crippen LogP contribution >= 0.6 is 0 Å². The Kier molecular flexibility index (Phi) is 4.70. The Bertz CT molecular complexity index is 1710. The number of H-pyrrole nitrogens is 2. The van der Waals surface area contributed by atoms with Gasteiger partial charge in [-0.1, -0.05) is 44.2 Å². The van der Waals surface area contributed by atoms with Gasteiger partial charge in [0.15, 0.2) is 5.65 Å². The Morgan fingerprint density at radius 2 is 1.90 bits per heavy atom. The molecule has 200 valence electrons. The maximum Gasteiger partial charge on any atom is 0.264 e. The van der Waals surface area contributed by atoms with Crippen molar-refractivity contribution in [1.82, 2.24) is 29.9 Å². The third kappa shape index (κ3) is 3.48. The minimum Gasteiger partial charge on any atom is -0.342 e. The fourth-order valence-corrected chi connectivity index (χ4v) is 7.31. The first kappa shape index (κ1) is 23.2. The lowest BCUT2D eigenvalue weighted by molar-refractivity contribution is 0.187. The van der Waals surface area contributed by atoms with E-state index in [9.17, 15) is 4.79 Å². The van der Waals surface area contributed by atoms with Crippen molar-refractivity contribution in [2.75, 3.05) is 18.0 Å². The summed E-state index contributed by atoms with van der Waals surface area (Å²) < 4.78 is 2.19. The van der Waals surface area contributed by atoms with E-state index in [4.69, 9.17) is 15.8 Å². The number of nitrogens with one attached hydrogen (secondary N) is 2. The van der Waals surface area contributed by atoms with Crippen LogP contribution in [0.4, 0.5) is 5.95 Å². The summed E-state index contributed by atoms with van der Waals surface area (Å²) in [6.45, 7) is 6.07. The van der Waals surface area contributed by atoms with Crippen molar-refractivity contribution in [3.63, 3.8) is 0 Å². The topological polar surface area (TPSA) is 122 Å². The molecule has 1 atom stereocenters. The zero-order valence-electron chi connectivity index (χ0n) is 22.5. The Morgan fingerprint density at radius 3 is 2.67 bits per heavy atom. The number of anilines is 1. The van der Waals surface area contributed by atoms with E-state index in [1.54, 1.807) is 0 Å². The third-order valence-corrected chi connectivity index (χ3v) is 9.56. The summed E-state index contributed by atoms with van der Waals surface area (Å²) in [6.07, 6.45) is 10.4. The normalized spacial score (nSPS) is 23.2. The molecular formula is C30H34N8O. The van der Waals surface area contributed by atoms with Gasteiger partial charge in [0.05, 0.1) is 12.2 Å². The molecule has 0 radical (unpaired) electrons. The molecule has 9 nitrogen and oxygen atoms in total. The summed E-state index contributed by atoms with van der Waals surface area (Å²) in [4.78, 5) is 23.7. The number of allylic oxidation sites excluding steroid dienone is 1. The van der Waals surface area contributed by atoms with Crippen molar-refractivity contribution in [2.45, 2.75) is 64.5 Å². The van der Waals surface area contributed by atoms with E-state index >= 15 is 0 Å². The lowest BCUT2D eigenvalue weighted by atomic mass is 9.73. The van der Waals surface area contributed by atoms with Crippen LogP contribution in [0.3, 0.4) is 0 Å². The van der Waals surface area contributed by atoms with Crippen LogP contribution in [0.5, 0.6) is 0 Å². The van der Waals surface area contributed by atoms with Crippen molar-refractivity contribution in [1.29, 1.82) is 0 Å². The van der Waals surface area contributed by atoms with Crippen LogP contribution in [0.25, 0.3) is 16.6 Å². The molecule has 2 fully saturated rings. The number of hydrogen-bond acceptors (Lipinski definition) is 6. The summed E-state index contributed by atoms with van der Waals surface area (Å²) in [5.41, 5.74) is 13.7. The number of benzene rings is 1. The number of aromatic amines is 2. The molecule has 0 unspecified atom stereocenters. The highest BCUT2D eigenvalue weighted by atomic mass is 16.1. The molecule has 3 aliphatic carbocycles. The highest BCUT2D eigenvalue weighted by molar-refractivity contribution is 5.94. The van der Waals surface area contributed by atoms with Crippen LogP contribution in [-0.2, 0) is 12.8 Å². The molecule has 3 aromatic heterocycles. The molecule has 1 saturated carbocycles. The predicted octanol–water partition coefficient (Wildman–Crippen LogP) is 4.03. The highest BCUT2D eigenvalue weighted by Crippen LogP contribution is 2.51. The third-order valence-electron chi connectivity index (χ3n) is 9.56. The van der Waals surface area contributed by atoms with E-state index in [2.05, 4.69) is 69.0 Å². The summed E-state index contributed by atoms with van der Waals surface area (Å²) in [6, 6.07) is 9.13. The van der Waals surface area contributed by atoms with Crippen molar-refractivity contribution >= 4 is 22.6 Å². The first-order valence-electron chi connectivity index (χ1n) is 14.2.